The van der Waals surface area contributed by atoms with E-state index in [9.17, 15) is 17.6 Å². The molecule has 6 nitrogen and oxygen atoms in total. The molecule has 1 aromatic carbocycles. The van der Waals surface area contributed by atoms with E-state index in [0.717, 1.165) is 11.3 Å². The zero-order chi connectivity index (χ0) is 18.9. The van der Waals surface area contributed by atoms with Gasteiger partial charge >= 0.3 is 0 Å². The normalized spacial score (nSPS) is 17.4. The van der Waals surface area contributed by atoms with Crippen molar-refractivity contribution in [1.82, 2.24) is 4.72 Å². The molecule has 0 spiro atoms. The second-order valence-electron chi connectivity index (χ2n) is 5.85. The number of thiophene rings is 1. The van der Waals surface area contributed by atoms with Gasteiger partial charge in [0.2, 0.25) is 10.0 Å². The lowest BCUT2D eigenvalue weighted by atomic mass is 10.2. The Bertz CT molecular complexity index is 940. The van der Waals surface area contributed by atoms with Gasteiger partial charge < -0.3 is 10.1 Å². The van der Waals surface area contributed by atoms with E-state index in [0.29, 0.717) is 30.9 Å². The van der Waals surface area contributed by atoms with Crippen LogP contribution in [0.1, 0.15) is 22.3 Å². The van der Waals surface area contributed by atoms with E-state index in [1.54, 1.807) is 6.92 Å². The molecule has 1 aromatic heterocycles. The van der Waals surface area contributed by atoms with Gasteiger partial charge in [-0.2, -0.15) is 0 Å². The van der Waals surface area contributed by atoms with Gasteiger partial charge in [-0.1, -0.05) is 11.6 Å². The number of hydrogen-bond donors (Lipinski definition) is 2. The Balaban J connectivity index is 1.78. The zero-order valence-electron chi connectivity index (χ0n) is 13.7. The third kappa shape index (κ3) is 4.24. The summed E-state index contributed by atoms with van der Waals surface area (Å²) in [5.74, 6) is -0.949. The molecule has 0 aliphatic carbocycles. The van der Waals surface area contributed by atoms with Crippen LogP contribution in [-0.2, 0) is 14.8 Å². The molecule has 0 unspecified atom stereocenters. The lowest BCUT2D eigenvalue weighted by molar-refractivity contribution is 0.102. The monoisotopic (exact) mass is 418 g/mol. The van der Waals surface area contributed by atoms with Crippen molar-refractivity contribution >= 4 is 44.6 Å². The van der Waals surface area contributed by atoms with Crippen LogP contribution < -0.4 is 10.0 Å². The summed E-state index contributed by atoms with van der Waals surface area (Å²) in [6.07, 6.45) is 0.593. The zero-order valence-corrected chi connectivity index (χ0v) is 16.1. The smallest absolute Gasteiger partial charge is 0.258 e. The average molecular weight is 419 g/mol. The summed E-state index contributed by atoms with van der Waals surface area (Å²) in [6.45, 7) is 2.39. The van der Waals surface area contributed by atoms with Gasteiger partial charge in [-0.25, -0.2) is 17.5 Å². The predicted molar refractivity (Wildman–Crippen MR) is 98.0 cm³/mol. The highest BCUT2D eigenvalue weighted by Gasteiger charge is 2.27. The molecule has 10 heteroatoms. The first-order valence-corrected chi connectivity index (χ1v) is 10.4. The summed E-state index contributed by atoms with van der Waals surface area (Å²) in [5.41, 5.74) is 0.814. The number of halogens is 2. The Hall–Kier alpha value is -1.52. The highest BCUT2D eigenvalue weighted by molar-refractivity contribution is 7.91. The lowest BCUT2D eigenvalue weighted by Gasteiger charge is -2.09. The van der Waals surface area contributed by atoms with Crippen LogP contribution in [0.5, 0.6) is 0 Å². The number of benzene rings is 1. The first-order valence-electron chi connectivity index (χ1n) is 7.73. The number of carbonyl (C=O) groups excluding carboxylic acids is 1. The highest BCUT2D eigenvalue weighted by atomic mass is 35.5. The van der Waals surface area contributed by atoms with E-state index in [4.69, 9.17) is 16.3 Å². The second kappa shape index (κ2) is 7.61. The minimum atomic E-state index is -3.79. The third-order valence-electron chi connectivity index (χ3n) is 3.84. The SMILES string of the molecule is Cc1cc(NC(=O)c2cc(S(=O)(=O)N[C@H]3CCOC3)sc2Cl)ccc1F. The lowest BCUT2D eigenvalue weighted by Crippen LogP contribution is -2.34. The maximum absolute atomic E-state index is 13.3. The Morgan fingerprint density at radius 1 is 1.38 bits per heavy atom. The molecular weight excluding hydrogens is 403 g/mol. The van der Waals surface area contributed by atoms with Crippen molar-refractivity contribution in [1.29, 1.82) is 0 Å². The number of nitrogens with one attached hydrogen (secondary N) is 2. The summed E-state index contributed by atoms with van der Waals surface area (Å²) >= 11 is 6.87. The van der Waals surface area contributed by atoms with E-state index < -0.39 is 15.9 Å². The molecule has 1 aliphatic rings. The Labute approximate surface area is 159 Å². The number of hydrogen-bond acceptors (Lipinski definition) is 5. The standard InChI is InChI=1S/C16H16ClFN2O4S2/c1-9-6-10(2-3-13(9)18)19-16(21)12-7-14(25-15(12)17)26(22,23)20-11-4-5-24-8-11/h2-3,6-7,11,20H,4-5,8H2,1H3,(H,19,21)/t11-/m0/s1. The van der Waals surface area contributed by atoms with Crippen LogP contribution in [0.15, 0.2) is 28.5 Å². The minimum Gasteiger partial charge on any atom is -0.380 e. The molecule has 2 aromatic rings. The molecule has 2 N–H and O–H groups in total. The molecule has 1 atom stereocenters. The number of anilines is 1. The molecule has 3 rings (SSSR count). The largest absolute Gasteiger partial charge is 0.380 e. The number of rotatable bonds is 5. The highest BCUT2D eigenvalue weighted by Crippen LogP contribution is 2.32. The van der Waals surface area contributed by atoms with Crippen molar-refractivity contribution in [2.45, 2.75) is 23.6 Å². The first-order chi connectivity index (χ1) is 12.3. The molecule has 26 heavy (non-hydrogen) atoms. The molecular formula is C16H16ClFN2O4S2. The van der Waals surface area contributed by atoms with Crippen molar-refractivity contribution in [2.24, 2.45) is 0 Å². The second-order valence-corrected chi connectivity index (χ2v) is 9.45. The van der Waals surface area contributed by atoms with Crippen LogP contribution in [-0.4, -0.2) is 33.6 Å². The van der Waals surface area contributed by atoms with E-state index in [1.807, 2.05) is 0 Å². The van der Waals surface area contributed by atoms with Gasteiger partial charge in [0, 0.05) is 18.3 Å². The molecule has 1 aliphatic heterocycles. The Morgan fingerprint density at radius 3 is 2.81 bits per heavy atom. The maximum Gasteiger partial charge on any atom is 0.258 e. The molecule has 140 valence electrons. The van der Waals surface area contributed by atoms with Crippen LogP contribution in [0, 0.1) is 12.7 Å². The summed E-state index contributed by atoms with van der Waals surface area (Å²) in [5, 5.41) is 2.59. The minimum absolute atomic E-state index is 0.0432. The van der Waals surface area contributed by atoms with Crippen molar-refractivity contribution in [3.05, 3.63) is 45.5 Å². The molecule has 1 amide bonds. The van der Waals surface area contributed by atoms with Crippen LogP contribution in [0.2, 0.25) is 4.34 Å². The predicted octanol–water partition coefficient (Wildman–Crippen LogP) is 3.17. The van der Waals surface area contributed by atoms with Gasteiger partial charge in [0.05, 0.1) is 12.2 Å². The van der Waals surface area contributed by atoms with E-state index in [1.165, 1.54) is 24.3 Å². The van der Waals surface area contributed by atoms with Gasteiger partial charge in [0.15, 0.2) is 0 Å². The van der Waals surface area contributed by atoms with Crippen molar-refractivity contribution in [2.75, 3.05) is 18.5 Å². The number of carbonyl (C=O) groups is 1. The summed E-state index contributed by atoms with van der Waals surface area (Å²) in [4.78, 5) is 12.4. The summed E-state index contributed by atoms with van der Waals surface area (Å²) < 4.78 is 45.9. The number of ether oxygens (including phenoxy) is 1. The fourth-order valence-corrected chi connectivity index (χ4v) is 5.45. The molecule has 1 fully saturated rings. The number of aryl methyl sites for hydroxylation is 1. The van der Waals surface area contributed by atoms with Gasteiger partial charge in [-0.15, -0.1) is 11.3 Å². The quantitative estimate of drug-likeness (QED) is 0.781. The van der Waals surface area contributed by atoms with Crippen LogP contribution >= 0.6 is 22.9 Å². The molecule has 0 saturated carbocycles. The van der Waals surface area contributed by atoms with Gasteiger partial charge in [-0.05, 0) is 43.2 Å². The summed E-state index contributed by atoms with van der Waals surface area (Å²) in [7, 11) is -3.79. The summed E-state index contributed by atoms with van der Waals surface area (Å²) in [6, 6.07) is 5.08. The van der Waals surface area contributed by atoms with E-state index in [-0.39, 0.29) is 26.0 Å². The van der Waals surface area contributed by atoms with Crippen LogP contribution in [0.25, 0.3) is 0 Å². The molecule has 0 bridgehead atoms. The number of amides is 1. The van der Waals surface area contributed by atoms with Gasteiger partial charge in [0.1, 0.15) is 14.4 Å². The van der Waals surface area contributed by atoms with Crippen molar-refractivity contribution < 1.29 is 22.3 Å². The average Bonchev–Trinajstić information content (AvgIpc) is 3.20. The molecule has 0 radical (unpaired) electrons. The topological polar surface area (TPSA) is 84.5 Å². The molecule has 1 saturated heterocycles. The van der Waals surface area contributed by atoms with Crippen LogP contribution in [0.4, 0.5) is 10.1 Å². The van der Waals surface area contributed by atoms with E-state index >= 15 is 0 Å². The van der Waals surface area contributed by atoms with E-state index in [2.05, 4.69) is 10.0 Å². The third-order valence-corrected chi connectivity index (χ3v) is 7.19. The van der Waals surface area contributed by atoms with Gasteiger partial charge in [0.25, 0.3) is 5.91 Å². The molecule has 2 heterocycles. The van der Waals surface area contributed by atoms with Crippen LogP contribution in [0.3, 0.4) is 0 Å². The van der Waals surface area contributed by atoms with Crippen molar-refractivity contribution in [3.8, 4) is 0 Å². The fourth-order valence-electron chi connectivity index (χ4n) is 2.46. The Morgan fingerprint density at radius 2 is 2.15 bits per heavy atom. The fraction of sp³-hybridized carbons (Fsp3) is 0.312. The first kappa shape index (κ1) is 19.2. The Kier molecular flexibility index (Phi) is 5.64. The number of sulfonamides is 1. The van der Waals surface area contributed by atoms with Crippen molar-refractivity contribution in [3.63, 3.8) is 0 Å². The maximum atomic E-state index is 13.3. The van der Waals surface area contributed by atoms with Gasteiger partial charge in [-0.3, -0.25) is 4.79 Å².